The van der Waals surface area contributed by atoms with E-state index in [9.17, 15) is 4.79 Å². The van der Waals surface area contributed by atoms with Gasteiger partial charge in [0.2, 0.25) is 5.91 Å². The van der Waals surface area contributed by atoms with Crippen molar-refractivity contribution < 1.29 is 9.53 Å². The first-order valence-electron chi connectivity index (χ1n) is 5.33. The second-order valence-corrected chi connectivity index (χ2v) is 5.10. The van der Waals surface area contributed by atoms with E-state index in [4.69, 9.17) is 4.74 Å². The molecular formula is C11H14BrN3O2. The fourth-order valence-electron chi connectivity index (χ4n) is 1.48. The summed E-state index contributed by atoms with van der Waals surface area (Å²) in [6, 6.07) is 1.73. The van der Waals surface area contributed by atoms with Crippen LogP contribution in [0.1, 0.15) is 6.92 Å². The molecule has 0 radical (unpaired) electrons. The molecule has 0 atom stereocenters. The van der Waals surface area contributed by atoms with Crippen molar-refractivity contribution in [1.29, 1.82) is 0 Å². The molecule has 1 fully saturated rings. The average molecular weight is 300 g/mol. The quantitative estimate of drug-likeness (QED) is 0.876. The van der Waals surface area contributed by atoms with Crippen molar-refractivity contribution in [3.8, 4) is 0 Å². The molecule has 2 heterocycles. The van der Waals surface area contributed by atoms with Crippen LogP contribution < -0.4 is 10.6 Å². The monoisotopic (exact) mass is 299 g/mol. The van der Waals surface area contributed by atoms with E-state index in [0.29, 0.717) is 5.69 Å². The minimum absolute atomic E-state index is 0.0624. The third kappa shape index (κ3) is 3.24. The van der Waals surface area contributed by atoms with Gasteiger partial charge < -0.3 is 15.4 Å². The van der Waals surface area contributed by atoms with Crippen LogP contribution in [0.2, 0.25) is 0 Å². The van der Waals surface area contributed by atoms with Gasteiger partial charge in [-0.25, -0.2) is 0 Å². The normalized spacial score (nSPS) is 17.3. The van der Waals surface area contributed by atoms with Gasteiger partial charge in [0.25, 0.3) is 0 Å². The van der Waals surface area contributed by atoms with E-state index >= 15 is 0 Å². The lowest BCUT2D eigenvalue weighted by Gasteiger charge is -2.38. The van der Waals surface area contributed by atoms with Gasteiger partial charge in [0.05, 0.1) is 15.8 Å². The molecule has 0 unspecified atom stereocenters. The summed E-state index contributed by atoms with van der Waals surface area (Å²) in [5.74, 6) is -0.162. The number of aromatic nitrogens is 1. The topological polar surface area (TPSA) is 63.2 Å². The summed E-state index contributed by atoms with van der Waals surface area (Å²) < 4.78 is 6.29. The van der Waals surface area contributed by atoms with Crippen LogP contribution in [0.15, 0.2) is 22.9 Å². The van der Waals surface area contributed by atoms with Gasteiger partial charge in [-0.2, -0.15) is 0 Å². The Morgan fingerprint density at radius 1 is 1.71 bits per heavy atom. The molecule has 1 amide bonds. The second-order valence-electron chi connectivity index (χ2n) is 4.25. The molecule has 92 valence electrons. The van der Waals surface area contributed by atoms with Crippen molar-refractivity contribution in [1.82, 2.24) is 10.3 Å². The molecule has 1 saturated heterocycles. The highest BCUT2D eigenvalue weighted by molar-refractivity contribution is 9.10. The summed E-state index contributed by atoms with van der Waals surface area (Å²) in [4.78, 5) is 15.6. The van der Waals surface area contributed by atoms with Crippen LogP contribution in [-0.2, 0) is 9.53 Å². The van der Waals surface area contributed by atoms with Gasteiger partial charge in [-0.05, 0) is 28.9 Å². The molecule has 2 rings (SSSR count). The Balaban J connectivity index is 1.83. The lowest BCUT2D eigenvalue weighted by atomic mass is 10.0. The maximum absolute atomic E-state index is 11.7. The number of ether oxygens (including phenoxy) is 1. The number of nitrogens with zero attached hydrogens (tertiary/aromatic N) is 1. The van der Waals surface area contributed by atoms with Gasteiger partial charge in [0.1, 0.15) is 6.61 Å². The van der Waals surface area contributed by atoms with Crippen LogP contribution in [0.3, 0.4) is 0 Å². The molecule has 6 heteroatoms. The predicted octanol–water partition coefficient (Wildman–Crippen LogP) is 1.16. The number of hydrogen-bond donors (Lipinski definition) is 2. The molecule has 1 aromatic rings. The third-order valence-corrected chi connectivity index (χ3v) is 3.23. The maximum Gasteiger partial charge on any atom is 0.250 e. The SMILES string of the molecule is CC1(OCC(=O)Nc2ccncc2Br)CNC1. The number of rotatable bonds is 4. The van der Waals surface area contributed by atoms with Crippen LogP contribution in [0.25, 0.3) is 0 Å². The molecular weight excluding hydrogens is 286 g/mol. The number of anilines is 1. The zero-order valence-electron chi connectivity index (χ0n) is 9.50. The smallest absolute Gasteiger partial charge is 0.250 e. The number of pyridine rings is 1. The van der Waals surface area contributed by atoms with Gasteiger partial charge in [0.15, 0.2) is 0 Å². The Bertz CT molecular complexity index is 421. The van der Waals surface area contributed by atoms with Crippen molar-refractivity contribution in [2.75, 3.05) is 25.0 Å². The first-order chi connectivity index (χ1) is 8.09. The number of carbonyl (C=O) groups is 1. The van der Waals surface area contributed by atoms with E-state index in [1.807, 2.05) is 6.92 Å². The Morgan fingerprint density at radius 3 is 3.06 bits per heavy atom. The first-order valence-corrected chi connectivity index (χ1v) is 6.12. The Hall–Kier alpha value is -0.980. The minimum atomic E-state index is -0.202. The zero-order valence-corrected chi connectivity index (χ0v) is 11.1. The Morgan fingerprint density at radius 2 is 2.47 bits per heavy atom. The fourth-order valence-corrected chi connectivity index (χ4v) is 1.83. The molecule has 0 aliphatic carbocycles. The molecule has 17 heavy (non-hydrogen) atoms. The van der Waals surface area contributed by atoms with Crippen molar-refractivity contribution in [3.05, 3.63) is 22.9 Å². The van der Waals surface area contributed by atoms with Crippen LogP contribution in [0, 0.1) is 0 Å². The van der Waals surface area contributed by atoms with Crippen LogP contribution in [0.4, 0.5) is 5.69 Å². The van der Waals surface area contributed by atoms with Gasteiger partial charge >= 0.3 is 0 Å². The van der Waals surface area contributed by atoms with Crippen molar-refractivity contribution >= 4 is 27.5 Å². The molecule has 5 nitrogen and oxygen atoms in total. The summed E-state index contributed by atoms with van der Waals surface area (Å²) in [6.45, 7) is 3.63. The summed E-state index contributed by atoms with van der Waals surface area (Å²) in [5, 5.41) is 5.87. The van der Waals surface area contributed by atoms with Gasteiger partial charge in [-0.3, -0.25) is 9.78 Å². The highest BCUT2D eigenvalue weighted by atomic mass is 79.9. The lowest BCUT2D eigenvalue weighted by Crippen LogP contribution is -2.59. The molecule has 1 aliphatic rings. The summed E-state index contributed by atoms with van der Waals surface area (Å²) in [6.07, 6.45) is 3.26. The summed E-state index contributed by atoms with van der Waals surface area (Å²) in [5.41, 5.74) is 0.498. The maximum atomic E-state index is 11.7. The van der Waals surface area contributed by atoms with E-state index in [2.05, 4.69) is 31.5 Å². The highest BCUT2D eigenvalue weighted by Gasteiger charge is 2.32. The van der Waals surface area contributed by atoms with Crippen LogP contribution in [0.5, 0.6) is 0 Å². The van der Waals surface area contributed by atoms with Crippen LogP contribution >= 0.6 is 15.9 Å². The van der Waals surface area contributed by atoms with E-state index in [1.165, 1.54) is 0 Å². The minimum Gasteiger partial charge on any atom is -0.363 e. The molecule has 0 bridgehead atoms. The average Bonchev–Trinajstić information content (AvgIpc) is 2.27. The first kappa shape index (κ1) is 12.5. The van der Waals surface area contributed by atoms with Crippen molar-refractivity contribution in [2.24, 2.45) is 0 Å². The fraction of sp³-hybridized carbons (Fsp3) is 0.455. The second kappa shape index (κ2) is 5.12. The standard InChI is InChI=1S/C11H14BrN3O2/c1-11(6-14-7-11)17-5-10(16)15-9-2-3-13-4-8(9)12/h2-4,14H,5-7H2,1H3,(H,13,15,16). The number of halogens is 1. The van der Waals surface area contributed by atoms with Gasteiger partial charge in [-0.1, -0.05) is 0 Å². The molecule has 0 aromatic carbocycles. The molecule has 0 spiro atoms. The molecule has 1 aliphatic heterocycles. The van der Waals surface area contributed by atoms with Crippen molar-refractivity contribution in [3.63, 3.8) is 0 Å². The highest BCUT2D eigenvalue weighted by Crippen LogP contribution is 2.20. The molecule has 1 aromatic heterocycles. The van der Waals surface area contributed by atoms with Crippen molar-refractivity contribution in [2.45, 2.75) is 12.5 Å². The summed E-state index contributed by atoms with van der Waals surface area (Å²) in [7, 11) is 0. The molecule has 2 N–H and O–H groups in total. The lowest BCUT2D eigenvalue weighted by molar-refractivity contribution is -0.130. The Labute approximate surface area is 108 Å². The van der Waals surface area contributed by atoms with Gasteiger partial charge in [0, 0.05) is 25.5 Å². The van der Waals surface area contributed by atoms with Crippen LogP contribution in [-0.4, -0.2) is 36.2 Å². The predicted molar refractivity (Wildman–Crippen MR) is 67.8 cm³/mol. The number of amides is 1. The van der Waals surface area contributed by atoms with E-state index in [1.54, 1.807) is 18.5 Å². The number of carbonyl (C=O) groups excluding carboxylic acids is 1. The van der Waals surface area contributed by atoms with E-state index < -0.39 is 0 Å². The Kier molecular flexibility index (Phi) is 3.76. The molecule has 0 saturated carbocycles. The zero-order chi connectivity index (χ0) is 12.3. The van der Waals surface area contributed by atoms with E-state index in [-0.39, 0.29) is 18.1 Å². The van der Waals surface area contributed by atoms with E-state index in [0.717, 1.165) is 17.6 Å². The largest absolute Gasteiger partial charge is 0.363 e. The van der Waals surface area contributed by atoms with Gasteiger partial charge in [-0.15, -0.1) is 0 Å². The third-order valence-electron chi connectivity index (χ3n) is 2.60. The summed E-state index contributed by atoms with van der Waals surface area (Å²) >= 11 is 3.31. The number of hydrogen-bond acceptors (Lipinski definition) is 4. The number of nitrogens with one attached hydrogen (secondary N) is 2.